The molecule has 2 atom stereocenters. The number of amides is 1. The van der Waals surface area contributed by atoms with Crippen LogP contribution in [0.15, 0.2) is 23.1 Å². The largest absolute Gasteiger partial charge is 0.327 e. The van der Waals surface area contributed by atoms with Gasteiger partial charge in [-0.2, -0.15) is 8.78 Å². The molecular formula is C14H17ClF2N2OS. The lowest BCUT2D eigenvalue weighted by molar-refractivity contribution is -0.117. The van der Waals surface area contributed by atoms with E-state index in [4.69, 9.17) is 17.3 Å². The van der Waals surface area contributed by atoms with Gasteiger partial charge < -0.3 is 11.1 Å². The molecule has 1 aromatic rings. The molecule has 3 nitrogen and oxygen atoms in total. The SMILES string of the molecule is N[C@@H]1CCC[C@H]1CC(=O)Nc1cccc(Cl)c1SC(F)F. The van der Waals surface area contributed by atoms with Crippen LogP contribution in [0.2, 0.25) is 5.02 Å². The number of hydrogen-bond acceptors (Lipinski definition) is 3. The highest BCUT2D eigenvalue weighted by molar-refractivity contribution is 7.99. The van der Waals surface area contributed by atoms with E-state index in [-0.39, 0.29) is 27.8 Å². The van der Waals surface area contributed by atoms with E-state index in [0.717, 1.165) is 19.3 Å². The Morgan fingerprint density at radius 1 is 1.48 bits per heavy atom. The Kier molecular flexibility index (Phi) is 5.84. The van der Waals surface area contributed by atoms with Gasteiger partial charge >= 0.3 is 0 Å². The number of carbonyl (C=O) groups is 1. The predicted molar refractivity (Wildman–Crippen MR) is 81.9 cm³/mol. The van der Waals surface area contributed by atoms with E-state index in [9.17, 15) is 13.6 Å². The second kappa shape index (κ2) is 7.42. The molecular weight excluding hydrogens is 318 g/mol. The van der Waals surface area contributed by atoms with Gasteiger partial charge in [-0.05, 0) is 30.9 Å². The van der Waals surface area contributed by atoms with Crippen molar-refractivity contribution in [2.45, 2.75) is 42.4 Å². The highest BCUT2D eigenvalue weighted by atomic mass is 35.5. The van der Waals surface area contributed by atoms with Crippen molar-refractivity contribution in [3.05, 3.63) is 23.2 Å². The van der Waals surface area contributed by atoms with Crippen LogP contribution in [0.5, 0.6) is 0 Å². The van der Waals surface area contributed by atoms with Crippen LogP contribution >= 0.6 is 23.4 Å². The van der Waals surface area contributed by atoms with Crippen molar-refractivity contribution in [2.24, 2.45) is 11.7 Å². The molecule has 0 aromatic heterocycles. The summed E-state index contributed by atoms with van der Waals surface area (Å²) in [5, 5.41) is 2.88. The fourth-order valence-electron chi connectivity index (χ4n) is 2.57. The third kappa shape index (κ3) is 4.56. The molecule has 1 amide bonds. The van der Waals surface area contributed by atoms with Crippen LogP contribution in [-0.2, 0) is 4.79 Å². The van der Waals surface area contributed by atoms with Gasteiger partial charge in [0.15, 0.2) is 0 Å². The third-order valence-electron chi connectivity index (χ3n) is 3.61. The van der Waals surface area contributed by atoms with Crippen molar-refractivity contribution in [3.63, 3.8) is 0 Å². The highest BCUT2D eigenvalue weighted by Gasteiger charge is 2.26. The first-order valence-electron chi connectivity index (χ1n) is 6.76. The molecule has 1 aliphatic carbocycles. The first-order chi connectivity index (χ1) is 9.97. The smallest absolute Gasteiger partial charge is 0.289 e. The molecule has 0 bridgehead atoms. The first kappa shape index (κ1) is 16.5. The zero-order chi connectivity index (χ0) is 15.4. The maximum Gasteiger partial charge on any atom is 0.289 e. The van der Waals surface area contributed by atoms with E-state index >= 15 is 0 Å². The Balaban J connectivity index is 2.04. The van der Waals surface area contributed by atoms with Crippen LogP contribution in [-0.4, -0.2) is 17.7 Å². The van der Waals surface area contributed by atoms with Gasteiger partial charge in [-0.1, -0.05) is 35.9 Å². The average molecular weight is 335 g/mol. The Morgan fingerprint density at radius 3 is 2.86 bits per heavy atom. The minimum Gasteiger partial charge on any atom is -0.327 e. The Bertz CT molecular complexity index is 516. The summed E-state index contributed by atoms with van der Waals surface area (Å²) < 4.78 is 25.1. The van der Waals surface area contributed by atoms with Crippen LogP contribution in [0.1, 0.15) is 25.7 Å². The summed E-state index contributed by atoms with van der Waals surface area (Å²) in [6.07, 6.45) is 3.21. The molecule has 1 aromatic carbocycles. The quantitative estimate of drug-likeness (QED) is 0.797. The summed E-state index contributed by atoms with van der Waals surface area (Å²) in [6.45, 7) is 0. The number of hydrogen-bond donors (Lipinski definition) is 2. The van der Waals surface area contributed by atoms with Crippen molar-refractivity contribution in [1.82, 2.24) is 0 Å². The topological polar surface area (TPSA) is 55.1 Å². The molecule has 0 heterocycles. The third-order valence-corrected chi connectivity index (χ3v) is 4.89. The second-order valence-corrected chi connectivity index (χ2v) is 6.51. The van der Waals surface area contributed by atoms with Gasteiger partial charge in [0.25, 0.3) is 5.76 Å². The number of halogens is 3. The maximum absolute atomic E-state index is 12.6. The summed E-state index contributed by atoms with van der Waals surface area (Å²) in [5.41, 5.74) is 6.26. The normalized spacial score (nSPS) is 21.8. The molecule has 21 heavy (non-hydrogen) atoms. The number of nitrogens with two attached hydrogens (primary N) is 1. The van der Waals surface area contributed by atoms with Gasteiger partial charge in [-0.15, -0.1) is 0 Å². The number of nitrogens with one attached hydrogen (secondary N) is 1. The molecule has 0 spiro atoms. The molecule has 7 heteroatoms. The van der Waals surface area contributed by atoms with Crippen molar-refractivity contribution >= 4 is 35.0 Å². The lowest BCUT2D eigenvalue weighted by Crippen LogP contribution is -2.28. The Morgan fingerprint density at radius 2 is 2.24 bits per heavy atom. The van der Waals surface area contributed by atoms with E-state index in [1.165, 1.54) is 6.07 Å². The molecule has 0 unspecified atom stereocenters. The van der Waals surface area contributed by atoms with Crippen LogP contribution in [0.4, 0.5) is 14.5 Å². The fraction of sp³-hybridized carbons (Fsp3) is 0.500. The summed E-state index contributed by atoms with van der Waals surface area (Å²) >= 11 is 6.26. The number of carbonyl (C=O) groups excluding carboxylic acids is 1. The van der Waals surface area contributed by atoms with Crippen molar-refractivity contribution in [3.8, 4) is 0 Å². The lowest BCUT2D eigenvalue weighted by atomic mass is 10.00. The van der Waals surface area contributed by atoms with E-state index in [2.05, 4.69) is 5.32 Å². The summed E-state index contributed by atoms with van der Waals surface area (Å²) in [4.78, 5) is 12.2. The van der Waals surface area contributed by atoms with Gasteiger partial charge in [-0.3, -0.25) is 4.79 Å². The van der Waals surface area contributed by atoms with Crippen LogP contribution in [0, 0.1) is 5.92 Å². The maximum atomic E-state index is 12.6. The van der Waals surface area contributed by atoms with E-state index in [1.807, 2.05) is 0 Å². The van der Waals surface area contributed by atoms with E-state index in [1.54, 1.807) is 12.1 Å². The van der Waals surface area contributed by atoms with Gasteiger partial charge in [0.2, 0.25) is 5.91 Å². The molecule has 1 saturated carbocycles. The Hall–Kier alpha value is -0.850. The minimum absolute atomic E-state index is 0.0463. The van der Waals surface area contributed by atoms with E-state index < -0.39 is 5.76 Å². The van der Waals surface area contributed by atoms with Gasteiger partial charge in [0, 0.05) is 12.5 Å². The number of alkyl halides is 2. The molecule has 0 radical (unpaired) electrons. The lowest BCUT2D eigenvalue weighted by Gasteiger charge is -2.16. The second-order valence-electron chi connectivity index (χ2n) is 5.10. The summed E-state index contributed by atoms with van der Waals surface area (Å²) in [6, 6.07) is 4.76. The van der Waals surface area contributed by atoms with Crippen LogP contribution in [0.3, 0.4) is 0 Å². The van der Waals surface area contributed by atoms with Gasteiger partial charge in [0.05, 0.1) is 15.6 Å². The van der Waals surface area contributed by atoms with Crippen LogP contribution in [0.25, 0.3) is 0 Å². The molecule has 2 rings (SSSR count). The standard InChI is InChI=1S/C14H17ClF2N2OS/c15-9-4-2-6-11(13(9)21-14(16)17)19-12(20)7-8-3-1-5-10(8)18/h2,4,6,8,10,14H,1,3,5,7,18H2,(H,19,20)/t8-,10+/m0/s1. The molecule has 0 aliphatic heterocycles. The predicted octanol–water partition coefficient (Wildman–Crippen LogP) is 4.11. The average Bonchev–Trinajstić information content (AvgIpc) is 2.79. The summed E-state index contributed by atoms with van der Waals surface area (Å²) in [5.74, 6) is -2.64. The molecule has 0 saturated heterocycles. The minimum atomic E-state index is -2.59. The van der Waals surface area contributed by atoms with Crippen molar-refractivity contribution < 1.29 is 13.6 Å². The van der Waals surface area contributed by atoms with Gasteiger partial charge in [-0.25, -0.2) is 0 Å². The molecule has 1 fully saturated rings. The first-order valence-corrected chi connectivity index (χ1v) is 8.02. The Labute approximate surface area is 131 Å². The van der Waals surface area contributed by atoms with Crippen molar-refractivity contribution in [1.29, 1.82) is 0 Å². The highest BCUT2D eigenvalue weighted by Crippen LogP contribution is 2.38. The number of anilines is 1. The fourth-order valence-corrected chi connectivity index (χ4v) is 3.49. The monoisotopic (exact) mass is 334 g/mol. The summed E-state index contributed by atoms with van der Waals surface area (Å²) in [7, 11) is 0. The zero-order valence-corrected chi connectivity index (χ0v) is 12.9. The molecule has 116 valence electrons. The number of benzene rings is 1. The van der Waals surface area contributed by atoms with Crippen LogP contribution < -0.4 is 11.1 Å². The number of thioether (sulfide) groups is 1. The van der Waals surface area contributed by atoms with E-state index in [0.29, 0.717) is 23.9 Å². The van der Waals surface area contributed by atoms with Gasteiger partial charge in [0.1, 0.15) is 0 Å². The molecule has 3 N–H and O–H groups in total. The van der Waals surface area contributed by atoms with Crippen molar-refractivity contribution in [2.75, 3.05) is 5.32 Å². The molecule has 1 aliphatic rings. The zero-order valence-electron chi connectivity index (χ0n) is 11.3. The number of rotatable bonds is 5.